The minimum Gasteiger partial charge on any atom is -0.389 e. The van der Waals surface area contributed by atoms with Crippen LogP contribution in [-0.2, 0) is 0 Å². The third-order valence-corrected chi connectivity index (χ3v) is 2.86. The van der Waals surface area contributed by atoms with Gasteiger partial charge in [-0.05, 0) is 25.0 Å². The first-order valence-corrected chi connectivity index (χ1v) is 6.32. The summed E-state index contributed by atoms with van der Waals surface area (Å²) in [5.41, 5.74) is 5.54. The van der Waals surface area contributed by atoms with Crippen molar-refractivity contribution in [1.82, 2.24) is 0 Å². The molecule has 0 amide bonds. The normalized spacial score (nSPS) is 10.8. The molecule has 18 heavy (non-hydrogen) atoms. The predicted molar refractivity (Wildman–Crippen MR) is 75.0 cm³/mol. The highest BCUT2D eigenvalue weighted by molar-refractivity contribution is 7.80. The molecule has 0 saturated heterocycles. The van der Waals surface area contributed by atoms with Gasteiger partial charge in [-0.3, -0.25) is 0 Å². The molecule has 0 aliphatic carbocycles. The third kappa shape index (κ3) is 3.16. The molecule has 0 fully saturated rings. The summed E-state index contributed by atoms with van der Waals surface area (Å²) >= 11 is 4.67. The second kappa shape index (κ2) is 6.09. The molecule has 100 valence electrons. The van der Waals surface area contributed by atoms with Gasteiger partial charge in [0.2, 0.25) is 0 Å². The van der Waals surface area contributed by atoms with Gasteiger partial charge in [-0.1, -0.05) is 26.1 Å². The lowest BCUT2D eigenvalue weighted by atomic mass is 10.1. The maximum absolute atomic E-state index is 14.0. The van der Waals surface area contributed by atoms with Gasteiger partial charge in [-0.25, -0.2) is 8.78 Å². The van der Waals surface area contributed by atoms with Crippen molar-refractivity contribution in [3.05, 3.63) is 29.3 Å². The number of hydrogen-bond donors (Lipinski definition) is 1. The standard InChI is InChI=1S/C13H18F2N2S/c1-4-17(7-8(2)3)10-6-5-9(13(16)18)11(14)12(10)15/h5-6,8H,4,7H2,1-3H3,(H2,16,18). The highest BCUT2D eigenvalue weighted by Crippen LogP contribution is 2.25. The zero-order valence-electron chi connectivity index (χ0n) is 10.8. The Morgan fingerprint density at radius 1 is 1.33 bits per heavy atom. The Bertz CT molecular complexity index is 447. The molecule has 0 bridgehead atoms. The number of nitrogens with two attached hydrogens (primary N) is 1. The van der Waals surface area contributed by atoms with E-state index in [1.165, 1.54) is 12.1 Å². The number of nitrogens with zero attached hydrogens (tertiary/aromatic N) is 1. The zero-order valence-corrected chi connectivity index (χ0v) is 11.7. The molecule has 0 aromatic heterocycles. The number of rotatable bonds is 5. The molecule has 0 aliphatic heterocycles. The van der Waals surface area contributed by atoms with Crippen LogP contribution < -0.4 is 10.6 Å². The van der Waals surface area contributed by atoms with E-state index in [0.29, 0.717) is 19.0 Å². The monoisotopic (exact) mass is 272 g/mol. The van der Waals surface area contributed by atoms with Crippen molar-refractivity contribution in [2.24, 2.45) is 11.7 Å². The van der Waals surface area contributed by atoms with Crippen molar-refractivity contribution in [3.8, 4) is 0 Å². The average molecular weight is 272 g/mol. The van der Waals surface area contributed by atoms with Crippen LogP contribution in [0.15, 0.2) is 12.1 Å². The van der Waals surface area contributed by atoms with Crippen LogP contribution in [0.3, 0.4) is 0 Å². The van der Waals surface area contributed by atoms with E-state index in [4.69, 9.17) is 5.73 Å². The summed E-state index contributed by atoms with van der Waals surface area (Å²) in [6.07, 6.45) is 0. The second-order valence-electron chi connectivity index (χ2n) is 4.56. The van der Waals surface area contributed by atoms with Gasteiger partial charge in [0.15, 0.2) is 11.6 Å². The van der Waals surface area contributed by atoms with Crippen LogP contribution in [0.25, 0.3) is 0 Å². The molecule has 0 aliphatic rings. The molecule has 5 heteroatoms. The number of benzene rings is 1. The van der Waals surface area contributed by atoms with Crippen LogP contribution in [0.1, 0.15) is 26.3 Å². The fraction of sp³-hybridized carbons (Fsp3) is 0.462. The Hall–Kier alpha value is -1.23. The minimum absolute atomic E-state index is 0.0492. The summed E-state index contributed by atoms with van der Waals surface area (Å²) in [6, 6.07) is 2.96. The lowest BCUT2D eigenvalue weighted by Crippen LogP contribution is -2.28. The van der Waals surface area contributed by atoms with Gasteiger partial charge in [0.25, 0.3) is 0 Å². The van der Waals surface area contributed by atoms with Crippen LogP contribution in [0.5, 0.6) is 0 Å². The Labute approximate surface area is 112 Å². The van der Waals surface area contributed by atoms with Gasteiger partial charge in [0.05, 0.1) is 5.69 Å². The van der Waals surface area contributed by atoms with Crippen molar-refractivity contribution in [1.29, 1.82) is 0 Å². The summed E-state index contributed by atoms with van der Waals surface area (Å²) in [7, 11) is 0. The zero-order chi connectivity index (χ0) is 13.9. The summed E-state index contributed by atoms with van der Waals surface area (Å²) in [5.74, 6) is -1.49. The van der Waals surface area contributed by atoms with Crippen molar-refractivity contribution in [3.63, 3.8) is 0 Å². The van der Waals surface area contributed by atoms with Gasteiger partial charge in [0, 0.05) is 18.7 Å². The fourth-order valence-corrected chi connectivity index (χ4v) is 1.97. The van der Waals surface area contributed by atoms with E-state index < -0.39 is 11.6 Å². The van der Waals surface area contributed by atoms with Crippen LogP contribution in [0, 0.1) is 17.6 Å². The Morgan fingerprint density at radius 2 is 1.94 bits per heavy atom. The SMILES string of the molecule is CCN(CC(C)C)c1ccc(C(N)=S)c(F)c1F. The molecule has 0 heterocycles. The molecule has 0 radical (unpaired) electrons. The summed E-state index contributed by atoms with van der Waals surface area (Å²) in [6.45, 7) is 7.24. The summed E-state index contributed by atoms with van der Waals surface area (Å²) < 4.78 is 27.8. The first-order valence-electron chi connectivity index (χ1n) is 5.91. The molecule has 1 aromatic rings. The van der Waals surface area contributed by atoms with Gasteiger partial charge >= 0.3 is 0 Å². The van der Waals surface area contributed by atoms with Gasteiger partial charge in [-0.15, -0.1) is 0 Å². The molecule has 0 spiro atoms. The van der Waals surface area contributed by atoms with Gasteiger partial charge < -0.3 is 10.6 Å². The van der Waals surface area contributed by atoms with Crippen LogP contribution in [-0.4, -0.2) is 18.1 Å². The molecule has 1 aromatic carbocycles. The number of halogens is 2. The van der Waals surface area contributed by atoms with E-state index in [0.717, 1.165) is 0 Å². The highest BCUT2D eigenvalue weighted by Gasteiger charge is 2.18. The van der Waals surface area contributed by atoms with E-state index in [2.05, 4.69) is 12.2 Å². The van der Waals surface area contributed by atoms with Crippen LogP contribution in [0.2, 0.25) is 0 Å². The smallest absolute Gasteiger partial charge is 0.182 e. The number of hydrogen-bond acceptors (Lipinski definition) is 2. The van der Waals surface area contributed by atoms with Crippen LogP contribution in [0.4, 0.5) is 14.5 Å². The van der Waals surface area contributed by atoms with E-state index >= 15 is 0 Å². The van der Waals surface area contributed by atoms with E-state index in [-0.39, 0.29) is 16.2 Å². The van der Waals surface area contributed by atoms with Crippen molar-refractivity contribution in [2.75, 3.05) is 18.0 Å². The molecule has 0 saturated carbocycles. The quantitative estimate of drug-likeness (QED) is 0.835. The Kier molecular flexibility index (Phi) is 5.02. The molecule has 0 atom stereocenters. The molecule has 2 nitrogen and oxygen atoms in total. The Morgan fingerprint density at radius 3 is 2.39 bits per heavy atom. The highest BCUT2D eigenvalue weighted by atomic mass is 32.1. The van der Waals surface area contributed by atoms with Crippen molar-refractivity contribution >= 4 is 22.9 Å². The molecule has 2 N–H and O–H groups in total. The largest absolute Gasteiger partial charge is 0.389 e. The summed E-state index contributed by atoms with van der Waals surface area (Å²) in [4.78, 5) is 1.66. The Balaban J connectivity index is 3.18. The van der Waals surface area contributed by atoms with E-state index in [9.17, 15) is 8.78 Å². The first-order chi connectivity index (χ1) is 8.38. The molecule has 0 unspecified atom stereocenters. The average Bonchev–Trinajstić information content (AvgIpc) is 2.29. The topological polar surface area (TPSA) is 29.3 Å². The third-order valence-electron chi connectivity index (χ3n) is 2.64. The number of anilines is 1. The lowest BCUT2D eigenvalue weighted by Gasteiger charge is -2.26. The number of thiocarbonyl (C=S) groups is 1. The van der Waals surface area contributed by atoms with Crippen molar-refractivity contribution in [2.45, 2.75) is 20.8 Å². The van der Waals surface area contributed by atoms with Crippen molar-refractivity contribution < 1.29 is 8.78 Å². The predicted octanol–water partition coefficient (Wildman–Crippen LogP) is 3.08. The molecular formula is C13H18F2N2S. The van der Waals surface area contributed by atoms with Crippen LogP contribution >= 0.6 is 12.2 Å². The second-order valence-corrected chi connectivity index (χ2v) is 5.00. The van der Waals surface area contributed by atoms with E-state index in [1.807, 2.05) is 20.8 Å². The fourth-order valence-electron chi connectivity index (χ4n) is 1.81. The van der Waals surface area contributed by atoms with Gasteiger partial charge in [0.1, 0.15) is 4.99 Å². The van der Waals surface area contributed by atoms with Gasteiger partial charge in [-0.2, -0.15) is 0 Å². The maximum Gasteiger partial charge on any atom is 0.182 e. The first kappa shape index (κ1) is 14.8. The molecule has 1 rings (SSSR count). The van der Waals surface area contributed by atoms with E-state index in [1.54, 1.807) is 4.90 Å². The summed E-state index contributed by atoms with van der Waals surface area (Å²) in [5, 5.41) is 0. The maximum atomic E-state index is 14.0. The lowest BCUT2D eigenvalue weighted by molar-refractivity contribution is 0.501. The molecular weight excluding hydrogens is 254 g/mol. The minimum atomic E-state index is -0.970.